The molecule has 156 valence electrons. The number of carbonyl (C=O) groups excluding carboxylic acids is 3. The van der Waals surface area contributed by atoms with Crippen molar-refractivity contribution in [2.24, 2.45) is 0 Å². The van der Waals surface area contributed by atoms with Gasteiger partial charge in [-0.1, -0.05) is 6.07 Å². The molecule has 0 radical (unpaired) electrons. The predicted octanol–water partition coefficient (Wildman–Crippen LogP) is -0.519. The molecule has 2 amide bonds. The standard InChI is InChI=1S/C19H16N2O8S/c22-13-10-6(4-7-17(13)29-5-28-7)9-11(20-18(26)8-2-1-3-30-8)14(23)16(25)15(24)12(9)21-19(10)27/h1-4,9,11-12,14,16,22-23,25H,5H2,(H,20,26)(H,21,27)/t9-,11+,12+,14-,16?/m0/s1. The zero-order valence-electron chi connectivity index (χ0n) is 15.2. The molecular formula is C19H16N2O8S. The van der Waals surface area contributed by atoms with E-state index in [1.54, 1.807) is 17.5 Å². The molecule has 3 heterocycles. The Morgan fingerprint density at radius 1 is 1.27 bits per heavy atom. The van der Waals surface area contributed by atoms with Crippen molar-refractivity contribution < 1.29 is 39.2 Å². The Morgan fingerprint density at radius 3 is 2.80 bits per heavy atom. The van der Waals surface area contributed by atoms with Gasteiger partial charge in [0.05, 0.1) is 22.5 Å². The molecule has 1 aliphatic carbocycles. The fourth-order valence-electron chi connectivity index (χ4n) is 4.24. The summed E-state index contributed by atoms with van der Waals surface area (Å²) < 4.78 is 10.5. The molecule has 0 saturated heterocycles. The number of amides is 2. The molecule has 1 aromatic heterocycles. The van der Waals surface area contributed by atoms with Gasteiger partial charge in [-0.3, -0.25) is 14.4 Å². The summed E-state index contributed by atoms with van der Waals surface area (Å²) in [5, 5.41) is 38.3. The maximum absolute atomic E-state index is 12.7. The molecule has 0 spiro atoms. The van der Waals surface area contributed by atoms with Crippen LogP contribution in [0.2, 0.25) is 0 Å². The van der Waals surface area contributed by atoms with Gasteiger partial charge in [0.25, 0.3) is 11.8 Å². The Morgan fingerprint density at radius 2 is 2.07 bits per heavy atom. The van der Waals surface area contributed by atoms with E-state index in [9.17, 15) is 29.7 Å². The van der Waals surface area contributed by atoms with Crippen LogP contribution < -0.4 is 20.1 Å². The number of ether oxygens (including phenoxy) is 2. The summed E-state index contributed by atoms with van der Waals surface area (Å²) >= 11 is 1.19. The summed E-state index contributed by atoms with van der Waals surface area (Å²) in [6.45, 7) is -0.152. The third-order valence-corrected chi connectivity index (χ3v) is 6.49. The molecule has 1 aromatic carbocycles. The van der Waals surface area contributed by atoms with Crippen LogP contribution in [0.5, 0.6) is 17.2 Å². The van der Waals surface area contributed by atoms with Gasteiger partial charge in [-0.15, -0.1) is 11.3 Å². The Balaban J connectivity index is 1.63. The summed E-state index contributed by atoms with van der Waals surface area (Å²) in [6.07, 6.45) is -3.43. The van der Waals surface area contributed by atoms with E-state index >= 15 is 0 Å². The molecule has 2 aromatic rings. The van der Waals surface area contributed by atoms with Crippen LogP contribution in [0, 0.1) is 0 Å². The average molecular weight is 432 g/mol. The summed E-state index contributed by atoms with van der Waals surface area (Å²) in [5.41, 5.74) is 0.0774. The van der Waals surface area contributed by atoms with Crippen LogP contribution >= 0.6 is 11.3 Å². The first-order valence-electron chi connectivity index (χ1n) is 9.09. The van der Waals surface area contributed by atoms with E-state index in [1.807, 2.05) is 0 Å². The van der Waals surface area contributed by atoms with Gasteiger partial charge in [-0.25, -0.2) is 0 Å². The van der Waals surface area contributed by atoms with E-state index in [2.05, 4.69) is 10.6 Å². The summed E-state index contributed by atoms with van der Waals surface area (Å²) in [5.74, 6) is -3.24. The maximum atomic E-state index is 12.7. The molecule has 1 saturated carbocycles. The number of phenols is 1. The lowest BCUT2D eigenvalue weighted by Gasteiger charge is -2.45. The number of ketones is 1. The predicted molar refractivity (Wildman–Crippen MR) is 101 cm³/mol. The number of aliphatic hydroxyl groups is 2. The van der Waals surface area contributed by atoms with Gasteiger partial charge in [0.15, 0.2) is 17.3 Å². The van der Waals surface area contributed by atoms with Crippen molar-refractivity contribution in [2.75, 3.05) is 6.79 Å². The van der Waals surface area contributed by atoms with Crippen LogP contribution in [0.25, 0.3) is 0 Å². The number of Topliss-reactive ketones (excluding diaryl/α,β-unsaturated/α-hetero) is 1. The monoisotopic (exact) mass is 432 g/mol. The minimum Gasteiger partial charge on any atom is -0.504 e. The fourth-order valence-corrected chi connectivity index (χ4v) is 4.87. The molecular weight excluding hydrogens is 416 g/mol. The highest BCUT2D eigenvalue weighted by Gasteiger charge is 2.54. The van der Waals surface area contributed by atoms with Crippen molar-refractivity contribution in [1.82, 2.24) is 10.6 Å². The van der Waals surface area contributed by atoms with E-state index in [-0.39, 0.29) is 29.4 Å². The van der Waals surface area contributed by atoms with Gasteiger partial charge in [0.1, 0.15) is 12.2 Å². The third-order valence-electron chi connectivity index (χ3n) is 5.62. The number of fused-ring (bicyclic) bond motifs is 4. The van der Waals surface area contributed by atoms with Crippen molar-refractivity contribution in [3.63, 3.8) is 0 Å². The SMILES string of the molecule is O=C(N[C@@H]1[C@@H]2c3cc4c(c(O)c3C(=O)N[C@H]2C(=O)C(O)[C@H]1O)OCO4)c1cccs1. The molecule has 10 nitrogen and oxygen atoms in total. The van der Waals surface area contributed by atoms with Gasteiger partial charge in [-0.05, 0) is 23.1 Å². The Hall–Kier alpha value is -3.15. The number of nitrogens with one attached hydrogen (secondary N) is 2. The first-order chi connectivity index (χ1) is 14.4. The summed E-state index contributed by atoms with van der Waals surface area (Å²) in [7, 11) is 0. The summed E-state index contributed by atoms with van der Waals surface area (Å²) in [4.78, 5) is 38.3. The molecule has 1 unspecified atom stereocenters. The topological polar surface area (TPSA) is 154 Å². The van der Waals surface area contributed by atoms with Crippen molar-refractivity contribution >= 4 is 28.9 Å². The first-order valence-corrected chi connectivity index (χ1v) is 9.97. The number of thiophene rings is 1. The van der Waals surface area contributed by atoms with E-state index in [1.165, 1.54) is 17.4 Å². The molecule has 5 N–H and O–H groups in total. The number of rotatable bonds is 2. The number of benzene rings is 1. The van der Waals surface area contributed by atoms with Crippen molar-refractivity contribution in [2.45, 2.75) is 30.2 Å². The quantitative estimate of drug-likeness (QED) is 0.425. The largest absolute Gasteiger partial charge is 0.504 e. The van der Waals surface area contributed by atoms with E-state index in [4.69, 9.17) is 9.47 Å². The van der Waals surface area contributed by atoms with Crippen LogP contribution in [0.4, 0.5) is 0 Å². The smallest absolute Gasteiger partial charge is 0.261 e. The Labute approximate surface area is 173 Å². The molecule has 3 aliphatic rings. The van der Waals surface area contributed by atoms with E-state index < -0.39 is 53.6 Å². The zero-order chi connectivity index (χ0) is 21.2. The lowest BCUT2D eigenvalue weighted by atomic mass is 9.69. The normalized spacial score (nSPS) is 29.1. The third kappa shape index (κ3) is 2.59. The number of carbonyl (C=O) groups is 3. The van der Waals surface area contributed by atoms with Gasteiger partial charge < -0.3 is 35.4 Å². The lowest BCUT2D eigenvalue weighted by molar-refractivity contribution is -0.142. The second-order valence-electron chi connectivity index (χ2n) is 7.21. The van der Waals surface area contributed by atoms with Crippen molar-refractivity contribution in [3.8, 4) is 17.2 Å². The lowest BCUT2D eigenvalue weighted by Crippen LogP contribution is -2.68. The number of phenolic OH excluding ortho intramolecular Hbond substituents is 1. The molecule has 11 heteroatoms. The molecule has 5 rings (SSSR count). The zero-order valence-corrected chi connectivity index (χ0v) is 16.0. The van der Waals surface area contributed by atoms with Gasteiger partial charge in [-0.2, -0.15) is 0 Å². The van der Waals surface area contributed by atoms with E-state index in [0.717, 1.165) is 0 Å². The van der Waals surface area contributed by atoms with Crippen LogP contribution in [-0.2, 0) is 4.79 Å². The van der Waals surface area contributed by atoms with Crippen LogP contribution in [0.15, 0.2) is 23.6 Å². The fraction of sp³-hybridized carbons (Fsp3) is 0.316. The maximum Gasteiger partial charge on any atom is 0.261 e. The number of hydrogen-bond acceptors (Lipinski definition) is 9. The highest BCUT2D eigenvalue weighted by Crippen LogP contribution is 2.49. The molecule has 2 aliphatic heterocycles. The highest BCUT2D eigenvalue weighted by atomic mass is 32.1. The van der Waals surface area contributed by atoms with Crippen LogP contribution in [0.3, 0.4) is 0 Å². The molecule has 30 heavy (non-hydrogen) atoms. The van der Waals surface area contributed by atoms with E-state index in [0.29, 0.717) is 4.88 Å². The number of aromatic hydroxyl groups is 1. The number of hydrogen-bond donors (Lipinski definition) is 5. The Bertz CT molecular complexity index is 1070. The van der Waals surface area contributed by atoms with Crippen LogP contribution in [0.1, 0.15) is 31.5 Å². The molecule has 1 fully saturated rings. The van der Waals surface area contributed by atoms with Crippen molar-refractivity contribution in [1.29, 1.82) is 0 Å². The first kappa shape index (κ1) is 18.9. The van der Waals surface area contributed by atoms with Crippen molar-refractivity contribution in [3.05, 3.63) is 39.6 Å². The molecule has 5 atom stereocenters. The van der Waals surface area contributed by atoms with Gasteiger partial charge in [0.2, 0.25) is 12.5 Å². The second kappa shape index (κ2) is 6.69. The van der Waals surface area contributed by atoms with Gasteiger partial charge in [0, 0.05) is 5.92 Å². The number of aliphatic hydroxyl groups excluding tert-OH is 2. The highest BCUT2D eigenvalue weighted by molar-refractivity contribution is 7.12. The minimum absolute atomic E-state index is 0.00393. The van der Waals surface area contributed by atoms with Gasteiger partial charge >= 0.3 is 0 Å². The van der Waals surface area contributed by atoms with Crippen LogP contribution in [-0.4, -0.2) is 64.0 Å². The minimum atomic E-state index is -1.80. The summed E-state index contributed by atoms with van der Waals surface area (Å²) in [6, 6.07) is 2.39. The Kier molecular flexibility index (Phi) is 4.20. The average Bonchev–Trinajstić information content (AvgIpc) is 3.41. The second-order valence-corrected chi connectivity index (χ2v) is 8.16. The molecule has 0 bridgehead atoms.